The number of nitrogens with zero attached hydrogens (tertiary/aromatic N) is 7. The minimum atomic E-state index is -3.44. The van der Waals surface area contributed by atoms with Crippen molar-refractivity contribution in [2.45, 2.75) is 38.5 Å². The van der Waals surface area contributed by atoms with Crippen molar-refractivity contribution < 1.29 is 13.2 Å². The Hall–Kier alpha value is -1.89. The van der Waals surface area contributed by atoms with Gasteiger partial charge < -0.3 is 4.90 Å². The van der Waals surface area contributed by atoms with Gasteiger partial charge in [-0.05, 0) is 54.5 Å². The van der Waals surface area contributed by atoms with Gasteiger partial charge in [-0.1, -0.05) is 0 Å². The van der Waals surface area contributed by atoms with Crippen LogP contribution in [0.2, 0.25) is 0 Å². The number of aryl methyl sites for hydroxylation is 1. The minimum Gasteiger partial charge on any atom is -0.337 e. The Balaban J connectivity index is 1.38. The first-order chi connectivity index (χ1) is 14.6. The van der Waals surface area contributed by atoms with Crippen LogP contribution in [0.3, 0.4) is 0 Å². The largest absolute Gasteiger partial charge is 0.337 e. The first kappa shape index (κ1) is 20.0. The third-order valence-electron chi connectivity index (χ3n) is 6.13. The number of tetrazole rings is 1. The number of amides is 1. The van der Waals surface area contributed by atoms with E-state index < -0.39 is 10.2 Å². The molecule has 0 bridgehead atoms. The molecule has 4 heterocycles. The van der Waals surface area contributed by atoms with Crippen LogP contribution in [0.15, 0.2) is 6.33 Å². The number of aromatic nitrogens is 4. The molecule has 162 valence electrons. The van der Waals surface area contributed by atoms with Crippen LogP contribution in [0.1, 0.15) is 46.5 Å². The van der Waals surface area contributed by atoms with E-state index in [1.165, 1.54) is 11.2 Å². The van der Waals surface area contributed by atoms with E-state index >= 15 is 0 Å². The van der Waals surface area contributed by atoms with Crippen LogP contribution < -0.4 is 0 Å². The smallest absolute Gasteiger partial charge is 0.282 e. The number of carbonyl (C=O) groups excluding carboxylic acids is 1. The van der Waals surface area contributed by atoms with Gasteiger partial charge in [-0.2, -0.15) is 21.7 Å². The van der Waals surface area contributed by atoms with Crippen molar-refractivity contribution in [1.29, 1.82) is 0 Å². The summed E-state index contributed by atoms with van der Waals surface area (Å²) in [5.74, 6) is -0.0414. The van der Waals surface area contributed by atoms with Crippen LogP contribution in [-0.2, 0) is 23.1 Å². The van der Waals surface area contributed by atoms with Crippen LogP contribution >= 0.6 is 11.3 Å². The Morgan fingerprint density at radius 3 is 2.47 bits per heavy atom. The van der Waals surface area contributed by atoms with E-state index in [4.69, 9.17) is 0 Å². The Morgan fingerprint density at radius 2 is 1.70 bits per heavy atom. The Morgan fingerprint density at radius 1 is 0.933 bits per heavy atom. The summed E-state index contributed by atoms with van der Waals surface area (Å²) in [5, 5.41) is 12.2. The molecule has 5 rings (SSSR count). The summed E-state index contributed by atoms with van der Waals surface area (Å²) < 4.78 is 30.6. The predicted molar refractivity (Wildman–Crippen MR) is 111 cm³/mol. The average Bonchev–Trinajstić information content (AvgIpc) is 3.49. The molecular weight excluding hydrogens is 426 g/mol. The molecule has 0 spiro atoms. The summed E-state index contributed by atoms with van der Waals surface area (Å²) in [6.45, 7) is 2.91. The summed E-state index contributed by atoms with van der Waals surface area (Å²) in [7, 11) is -3.44. The first-order valence-corrected chi connectivity index (χ1v) is 12.7. The van der Waals surface area contributed by atoms with Crippen LogP contribution in [0.4, 0.5) is 0 Å². The number of rotatable bonds is 4. The Bertz CT molecular complexity index is 1030. The molecule has 30 heavy (non-hydrogen) atoms. The molecule has 3 aliphatic rings. The molecule has 0 radical (unpaired) electrons. The second-order valence-corrected chi connectivity index (χ2v) is 11.0. The fourth-order valence-electron chi connectivity index (χ4n) is 4.59. The van der Waals surface area contributed by atoms with Crippen molar-refractivity contribution in [1.82, 2.24) is 33.7 Å². The summed E-state index contributed by atoms with van der Waals surface area (Å²) >= 11 is 1.59. The highest BCUT2D eigenvalue weighted by Crippen LogP contribution is 2.38. The molecule has 2 saturated heterocycles. The number of hydrogen-bond donors (Lipinski definition) is 0. The van der Waals surface area contributed by atoms with Gasteiger partial charge in [-0.25, -0.2) is 0 Å². The van der Waals surface area contributed by atoms with Gasteiger partial charge in [0.25, 0.3) is 16.1 Å². The predicted octanol–water partition coefficient (Wildman–Crippen LogP) is 0.701. The van der Waals surface area contributed by atoms with Gasteiger partial charge in [0.1, 0.15) is 11.3 Å². The van der Waals surface area contributed by atoms with Crippen molar-refractivity contribution in [2.24, 2.45) is 0 Å². The molecule has 1 aliphatic carbocycles. The normalized spacial score (nSPS) is 21.1. The monoisotopic (exact) mass is 451 g/mol. The van der Waals surface area contributed by atoms with Crippen molar-refractivity contribution in [3.63, 3.8) is 0 Å². The lowest BCUT2D eigenvalue weighted by Crippen LogP contribution is -2.44. The van der Waals surface area contributed by atoms with Gasteiger partial charge in [0.15, 0.2) is 0 Å². The molecule has 0 unspecified atom stereocenters. The van der Waals surface area contributed by atoms with E-state index in [0.717, 1.165) is 42.7 Å². The van der Waals surface area contributed by atoms with Crippen molar-refractivity contribution in [3.05, 3.63) is 22.3 Å². The van der Waals surface area contributed by atoms with Gasteiger partial charge in [0, 0.05) is 44.1 Å². The molecule has 0 aromatic carbocycles. The van der Waals surface area contributed by atoms with E-state index in [1.807, 2.05) is 0 Å². The number of carbonyl (C=O) groups is 1. The van der Waals surface area contributed by atoms with E-state index in [-0.39, 0.29) is 5.91 Å². The van der Waals surface area contributed by atoms with Crippen LogP contribution in [0.5, 0.6) is 0 Å². The maximum absolute atomic E-state index is 13.6. The molecular formula is C18H25N7O3S2. The highest BCUT2D eigenvalue weighted by Gasteiger charge is 2.35. The summed E-state index contributed by atoms with van der Waals surface area (Å²) in [5.41, 5.74) is 1.80. The molecule has 0 saturated carbocycles. The fourth-order valence-corrected chi connectivity index (χ4v) is 7.61. The van der Waals surface area contributed by atoms with E-state index in [9.17, 15) is 13.2 Å². The van der Waals surface area contributed by atoms with Crippen LogP contribution in [-0.4, -0.2) is 87.3 Å². The molecule has 2 fully saturated rings. The molecule has 0 atom stereocenters. The highest BCUT2D eigenvalue weighted by atomic mass is 32.2. The SMILES string of the molecule is O=C(c1c(-n2cnnn2)sc2c1CCC2)N1CCCN(S(=O)(=O)N2CCCC2)CC1. The molecule has 10 nitrogen and oxygen atoms in total. The average molecular weight is 452 g/mol. The summed E-state index contributed by atoms with van der Waals surface area (Å²) in [6.07, 6.45) is 6.90. The molecule has 2 aromatic heterocycles. The van der Waals surface area contributed by atoms with Gasteiger partial charge in [0.05, 0.1) is 5.56 Å². The molecule has 2 aliphatic heterocycles. The summed E-state index contributed by atoms with van der Waals surface area (Å²) in [4.78, 5) is 16.6. The Labute approximate surface area is 179 Å². The van der Waals surface area contributed by atoms with Crippen LogP contribution in [0, 0.1) is 0 Å². The fraction of sp³-hybridized carbons (Fsp3) is 0.667. The van der Waals surface area contributed by atoms with Crippen molar-refractivity contribution in [2.75, 3.05) is 39.3 Å². The zero-order valence-corrected chi connectivity index (χ0v) is 18.4. The highest BCUT2D eigenvalue weighted by molar-refractivity contribution is 7.86. The zero-order chi connectivity index (χ0) is 20.7. The third-order valence-corrected chi connectivity index (χ3v) is 9.45. The first-order valence-electron chi connectivity index (χ1n) is 10.5. The lowest BCUT2D eigenvalue weighted by molar-refractivity contribution is 0.0763. The van der Waals surface area contributed by atoms with Gasteiger partial charge >= 0.3 is 0 Å². The van der Waals surface area contributed by atoms with E-state index in [0.29, 0.717) is 51.3 Å². The summed E-state index contributed by atoms with van der Waals surface area (Å²) in [6, 6.07) is 0. The van der Waals surface area contributed by atoms with Gasteiger partial charge in [-0.3, -0.25) is 4.79 Å². The molecule has 2 aromatic rings. The number of hydrogen-bond acceptors (Lipinski definition) is 7. The van der Waals surface area contributed by atoms with Gasteiger partial charge in [0.2, 0.25) is 0 Å². The third kappa shape index (κ3) is 3.45. The van der Waals surface area contributed by atoms with Gasteiger partial charge in [-0.15, -0.1) is 16.4 Å². The molecule has 1 amide bonds. The topological polar surface area (TPSA) is 105 Å². The quantitative estimate of drug-likeness (QED) is 0.678. The van der Waals surface area contributed by atoms with Crippen molar-refractivity contribution >= 4 is 27.5 Å². The lowest BCUT2D eigenvalue weighted by Gasteiger charge is -2.26. The number of fused-ring (bicyclic) bond motifs is 1. The maximum Gasteiger partial charge on any atom is 0.282 e. The molecule has 12 heteroatoms. The van der Waals surface area contributed by atoms with E-state index in [1.54, 1.807) is 29.5 Å². The Kier molecular flexibility index (Phi) is 5.33. The standard InChI is InChI=1S/C18H25N7O3S2/c26-17(16-14-5-3-6-15(14)29-18(16)25-13-19-20-21-25)22-7-4-10-24(12-11-22)30(27,28)23-8-1-2-9-23/h13H,1-12H2. The second-order valence-electron chi connectivity index (χ2n) is 7.95. The molecule has 0 N–H and O–H groups in total. The van der Waals surface area contributed by atoms with Crippen molar-refractivity contribution in [3.8, 4) is 5.00 Å². The van der Waals surface area contributed by atoms with Crippen LogP contribution in [0.25, 0.3) is 5.00 Å². The lowest BCUT2D eigenvalue weighted by atomic mass is 10.1. The number of thiophene rings is 1. The second kappa shape index (κ2) is 7.98. The minimum absolute atomic E-state index is 0.0414. The van der Waals surface area contributed by atoms with E-state index in [2.05, 4.69) is 15.5 Å². The zero-order valence-electron chi connectivity index (χ0n) is 16.7. The maximum atomic E-state index is 13.6.